The van der Waals surface area contributed by atoms with Crippen LogP contribution in [0.3, 0.4) is 0 Å². The Labute approximate surface area is 74.3 Å². The standard InChI is InChI=1S/C9H19NO2/c1-9(2,3)12-7-5-4-6-8(10)11/h4-7H2,1-3H3,(H2,10,11). The molecule has 0 fully saturated rings. The van der Waals surface area contributed by atoms with E-state index in [1.807, 2.05) is 20.8 Å². The molecule has 0 radical (unpaired) electrons. The van der Waals surface area contributed by atoms with E-state index < -0.39 is 0 Å². The van der Waals surface area contributed by atoms with Crippen LogP contribution in [-0.4, -0.2) is 18.1 Å². The van der Waals surface area contributed by atoms with Gasteiger partial charge in [-0.05, 0) is 33.6 Å². The summed E-state index contributed by atoms with van der Waals surface area (Å²) in [5.74, 6) is -0.231. The zero-order chi connectivity index (χ0) is 9.61. The van der Waals surface area contributed by atoms with Gasteiger partial charge >= 0.3 is 0 Å². The molecule has 0 saturated heterocycles. The van der Waals surface area contributed by atoms with Gasteiger partial charge in [-0.1, -0.05) is 0 Å². The average Bonchev–Trinajstić information content (AvgIpc) is 1.83. The summed E-state index contributed by atoms with van der Waals surface area (Å²) in [7, 11) is 0. The number of nitrogens with two attached hydrogens (primary N) is 1. The van der Waals surface area contributed by atoms with Crippen molar-refractivity contribution in [1.82, 2.24) is 0 Å². The summed E-state index contributed by atoms with van der Waals surface area (Å²) in [6.07, 6.45) is 2.19. The molecule has 0 atom stereocenters. The molecule has 12 heavy (non-hydrogen) atoms. The number of rotatable bonds is 5. The van der Waals surface area contributed by atoms with Gasteiger partial charge in [0.25, 0.3) is 0 Å². The number of hydrogen-bond acceptors (Lipinski definition) is 2. The first kappa shape index (κ1) is 11.4. The molecule has 0 spiro atoms. The van der Waals surface area contributed by atoms with Crippen LogP contribution in [0.4, 0.5) is 0 Å². The van der Waals surface area contributed by atoms with Gasteiger partial charge in [0.1, 0.15) is 0 Å². The van der Waals surface area contributed by atoms with E-state index >= 15 is 0 Å². The van der Waals surface area contributed by atoms with Crippen LogP contribution in [0.1, 0.15) is 40.0 Å². The van der Waals surface area contributed by atoms with Crippen LogP contribution in [0.5, 0.6) is 0 Å². The summed E-state index contributed by atoms with van der Waals surface area (Å²) in [4.78, 5) is 10.3. The van der Waals surface area contributed by atoms with Crippen molar-refractivity contribution in [3.8, 4) is 0 Å². The van der Waals surface area contributed by atoms with Gasteiger partial charge in [-0.2, -0.15) is 0 Å². The summed E-state index contributed by atoms with van der Waals surface area (Å²) < 4.78 is 5.46. The van der Waals surface area contributed by atoms with Gasteiger partial charge in [0.15, 0.2) is 0 Å². The van der Waals surface area contributed by atoms with E-state index in [1.165, 1.54) is 0 Å². The van der Waals surface area contributed by atoms with Gasteiger partial charge in [0.2, 0.25) is 5.91 Å². The minimum atomic E-state index is -0.231. The van der Waals surface area contributed by atoms with Crippen molar-refractivity contribution in [3.63, 3.8) is 0 Å². The third-order valence-electron chi connectivity index (χ3n) is 1.35. The van der Waals surface area contributed by atoms with E-state index in [9.17, 15) is 4.79 Å². The second-order valence-electron chi connectivity index (χ2n) is 3.88. The van der Waals surface area contributed by atoms with E-state index in [1.54, 1.807) is 0 Å². The van der Waals surface area contributed by atoms with E-state index in [2.05, 4.69) is 0 Å². The highest BCUT2D eigenvalue weighted by atomic mass is 16.5. The van der Waals surface area contributed by atoms with Crippen LogP contribution in [0.15, 0.2) is 0 Å². The number of carbonyl (C=O) groups excluding carboxylic acids is 1. The molecule has 3 heteroatoms. The lowest BCUT2D eigenvalue weighted by molar-refractivity contribution is -0.118. The Hall–Kier alpha value is -0.570. The molecule has 0 bridgehead atoms. The smallest absolute Gasteiger partial charge is 0.217 e. The lowest BCUT2D eigenvalue weighted by Gasteiger charge is -2.19. The van der Waals surface area contributed by atoms with Crippen molar-refractivity contribution in [1.29, 1.82) is 0 Å². The third-order valence-corrected chi connectivity index (χ3v) is 1.35. The molecule has 0 heterocycles. The van der Waals surface area contributed by atoms with E-state index in [0.717, 1.165) is 12.8 Å². The topological polar surface area (TPSA) is 52.3 Å². The van der Waals surface area contributed by atoms with Crippen LogP contribution in [-0.2, 0) is 9.53 Å². The molecular formula is C9H19NO2. The summed E-state index contributed by atoms with van der Waals surface area (Å²) in [6.45, 7) is 6.75. The Morgan fingerprint density at radius 3 is 2.33 bits per heavy atom. The number of primary amides is 1. The van der Waals surface area contributed by atoms with E-state index in [4.69, 9.17) is 10.5 Å². The molecule has 0 aliphatic rings. The molecule has 2 N–H and O–H groups in total. The number of unbranched alkanes of at least 4 members (excludes halogenated alkanes) is 1. The summed E-state index contributed by atoms with van der Waals surface area (Å²) in [5.41, 5.74) is 4.90. The molecule has 0 aliphatic carbocycles. The molecule has 0 aliphatic heterocycles. The Morgan fingerprint density at radius 2 is 1.92 bits per heavy atom. The fraction of sp³-hybridized carbons (Fsp3) is 0.889. The summed E-state index contributed by atoms with van der Waals surface area (Å²) >= 11 is 0. The van der Waals surface area contributed by atoms with Crippen LogP contribution in [0.25, 0.3) is 0 Å². The highest BCUT2D eigenvalue weighted by Gasteiger charge is 2.08. The fourth-order valence-electron chi connectivity index (χ4n) is 0.780. The van der Waals surface area contributed by atoms with Crippen molar-refractivity contribution in [2.24, 2.45) is 5.73 Å². The van der Waals surface area contributed by atoms with E-state index in [-0.39, 0.29) is 11.5 Å². The Balaban J connectivity index is 3.17. The zero-order valence-electron chi connectivity index (χ0n) is 8.22. The number of hydrogen-bond donors (Lipinski definition) is 1. The number of ether oxygens (including phenoxy) is 1. The molecule has 0 rings (SSSR count). The van der Waals surface area contributed by atoms with Crippen LogP contribution in [0.2, 0.25) is 0 Å². The van der Waals surface area contributed by atoms with Gasteiger partial charge in [0.05, 0.1) is 5.60 Å². The molecule has 0 aromatic rings. The quantitative estimate of drug-likeness (QED) is 0.640. The number of amides is 1. The van der Waals surface area contributed by atoms with Crippen molar-refractivity contribution < 1.29 is 9.53 Å². The first-order valence-electron chi connectivity index (χ1n) is 4.34. The minimum absolute atomic E-state index is 0.0767. The number of carbonyl (C=O) groups is 1. The highest BCUT2D eigenvalue weighted by molar-refractivity contribution is 5.73. The van der Waals surface area contributed by atoms with Crippen molar-refractivity contribution in [2.45, 2.75) is 45.6 Å². The van der Waals surface area contributed by atoms with Crippen LogP contribution in [0, 0.1) is 0 Å². The van der Waals surface area contributed by atoms with Gasteiger partial charge in [-0.3, -0.25) is 4.79 Å². The summed E-state index contributed by atoms with van der Waals surface area (Å²) in [5, 5.41) is 0. The van der Waals surface area contributed by atoms with Gasteiger partial charge in [-0.25, -0.2) is 0 Å². The maximum absolute atomic E-state index is 10.3. The third kappa shape index (κ3) is 9.43. The molecular weight excluding hydrogens is 154 g/mol. The fourth-order valence-corrected chi connectivity index (χ4v) is 0.780. The van der Waals surface area contributed by atoms with Gasteiger partial charge < -0.3 is 10.5 Å². The molecule has 0 unspecified atom stereocenters. The lowest BCUT2D eigenvalue weighted by atomic mass is 10.2. The molecule has 0 aromatic carbocycles. The lowest BCUT2D eigenvalue weighted by Crippen LogP contribution is -2.20. The normalized spacial score (nSPS) is 11.6. The largest absolute Gasteiger partial charge is 0.376 e. The maximum atomic E-state index is 10.3. The second-order valence-corrected chi connectivity index (χ2v) is 3.88. The average molecular weight is 173 g/mol. The zero-order valence-corrected chi connectivity index (χ0v) is 8.22. The van der Waals surface area contributed by atoms with E-state index in [0.29, 0.717) is 13.0 Å². The SMILES string of the molecule is CC(C)(C)OCCCCC(N)=O. The Morgan fingerprint density at radius 1 is 1.33 bits per heavy atom. The summed E-state index contributed by atoms with van der Waals surface area (Å²) in [6, 6.07) is 0. The monoisotopic (exact) mass is 173 g/mol. The first-order chi connectivity index (χ1) is 5.42. The minimum Gasteiger partial charge on any atom is -0.376 e. The van der Waals surface area contributed by atoms with Crippen molar-refractivity contribution in [3.05, 3.63) is 0 Å². The van der Waals surface area contributed by atoms with Gasteiger partial charge in [-0.15, -0.1) is 0 Å². The Kier molecular flexibility index (Phi) is 4.90. The van der Waals surface area contributed by atoms with Crippen LogP contribution >= 0.6 is 0 Å². The molecule has 1 amide bonds. The molecule has 0 aromatic heterocycles. The Bertz CT molecular complexity index is 138. The first-order valence-corrected chi connectivity index (χ1v) is 4.34. The predicted octanol–water partition coefficient (Wildman–Crippen LogP) is 1.46. The molecule has 3 nitrogen and oxygen atoms in total. The van der Waals surface area contributed by atoms with Crippen molar-refractivity contribution in [2.75, 3.05) is 6.61 Å². The molecule has 72 valence electrons. The van der Waals surface area contributed by atoms with Crippen LogP contribution < -0.4 is 5.73 Å². The highest BCUT2D eigenvalue weighted by Crippen LogP contribution is 2.07. The van der Waals surface area contributed by atoms with Gasteiger partial charge in [0, 0.05) is 13.0 Å². The maximum Gasteiger partial charge on any atom is 0.217 e. The predicted molar refractivity (Wildman–Crippen MR) is 48.8 cm³/mol. The van der Waals surface area contributed by atoms with Crippen molar-refractivity contribution >= 4 is 5.91 Å². The second kappa shape index (κ2) is 5.14. The molecule has 0 saturated carbocycles.